The summed E-state index contributed by atoms with van der Waals surface area (Å²) in [5.74, 6) is 0.702. The molecule has 0 aromatic heterocycles. The molecule has 1 rings (SSSR count). The van der Waals surface area contributed by atoms with Crippen molar-refractivity contribution in [2.24, 2.45) is 5.92 Å². The highest BCUT2D eigenvalue weighted by Gasteiger charge is 2.08. The summed E-state index contributed by atoms with van der Waals surface area (Å²) in [6, 6.07) is 0. The van der Waals surface area contributed by atoms with Crippen LogP contribution in [0.5, 0.6) is 0 Å². The van der Waals surface area contributed by atoms with Crippen LogP contribution in [-0.2, 0) is 9.47 Å². The molecule has 19 heavy (non-hydrogen) atoms. The molecule has 0 unspecified atom stereocenters. The van der Waals surface area contributed by atoms with Gasteiger partial charge in [0.1, 0.15) is 0 Å². The van der Waals surface area contributed by atoms with Crippen LogP contribution in [0.4, 0.5) is 0 Å². The van der Waals surface area contributed by atoms with E-state index in [4.69, 9.17) is 9.47 Å². The molecule has 0 amide bonds. The molecule has 0 bridgehead atoms. The van der Waals surface area contributed by atoms with Gasteiger partial charge in [-0.05, 0) is 12.5 Å². The molecule has 114 valence electrons. The summed E-state index contributed by atoms with van der Waals surface area (Å²) in [6.07, 6.45) is 0. The van der Waals surface area contributed by atoms with E-state index in [2.05, 4.69) is 29.4 Å². The molecule has 5 heteroatoms. The van der Waals surface area contributed by atoms with Crippen LogP contribution >= 0.6 is 0 Å². The van der Waals surface area contributed by atoms with Crippen molar-refractivity contribution in [3.05, 3.63) is 0 Å². The molecule has 1 aliphatic heterocycles. The first-order valence-corrected chi connectivity index (χ1v) is 7.58. The molecule has 0 aromatic rings. The summed E-state index contributed by atoms with van der Waals surface area (Å²) >= 11 is 0. The van der Waals surface area contributed by atoms with Gasteiger partial charge < -0.3 is 20.1 Å². The van der Waals surface area contributed by atoms with Gasteiger partial charge in [0, 0.05) is 39.3 Å². The Morgan fingerprint density at radius 3 is 2.42 bits per heavy atom. The molecule has 2 N–H and O–H groups in total. The van der Waals surface area contributed by atoms with Crippen LogP contribution in [0.1, 0.15) is 13.8 Å². The third kappa shape index (κ3) is 10.3. The van der Waals surface area contributed by atoms with Gasteiger partial charge in [-0.2, -0.15) is 0 Å². The number of hydrogen-bond donors (Lipinski definition) is 2. The van der Waals surface area contributed by atoms with E-state index in [1.807, 2.05) is 0 Å². The van der Waals surface area contributed by atoms with E-state index < -0.39 is 0 Å². The van der Waals surface area contributed by atoms with Gasteiger partial charge in [-0.25, -0.2) is 0 Å². The molecule has 0 aliphatic carbocycles. The Labute approximate surface area is 118 Å². The van der Waals surface area contributed by atoms with Crippen LogP contribution in [0.15, 0.2) is 0 Å². The Morgan fingerprint density at radius 2 is 1.74 bits per heavy atom. The van der Waals surface area contributed by atoms with Crippen molar-refractivity contribution in [3.8, 4) is 0 Å². The zero-order chi connectivity index (χ0) is 13.8. The van der Waals surface area contributed by atoms with Gasteiger partial charge in [0.15, 0.2) is 0 Å². The Kier molecular flexibility index (Phi) is 10.3. The number of ether oxygens (including phenoxy) is 2. The lowest BCUT2D eigenvalue weighted by molar-refractivity contribution is 0.0382. The zero-order valence-electron chi connectivity index (χ0n) is 12.6. The van der Waals surface area contributed by atoms with E-state index in [-0.39, 0.29) is 0 Å². The van der Waals surface area contributed by atoms with E-state index in [0.717, 1.165) is 59.0 Å². The van der Waals surface area contributed by atoms with Gasteiger partial charge in [0.25, 0.3) is 0 Å². The average Bonchev–Trinajstić information content (AvgIpc) is 2.42. The van der Waals surface area contributed by atoms with Crippen LogP contribution < -0.4 is 10.6 Å². The quantitative estimate of drug-likeness (QED) is 0.526. The van der Waals surface area contributed by atoms with Gasteiger partial charge in [-0.3, -0.25) is 4.90 Å². The number of rotatable bonds is 11. The van der Waals surface area contributed by atoms with Crippen LogP contribution in [-0.4, -0.2) is 77.1 Å². The van der Waals surface area contributed by atoms with Crippen molar-refractivity contribution in [2.75, 3.05) is 72.2 Å². The first-order valence-electron chi connectivity index (χ1n) is 7.58. The van der Waals surface area contributed by atoms with Crippen molar-refractivity contribution in [3.63, 3.8) is 0 Å². The lowest BCUT2D eigenvalue weighted by Gasteiger charge is -2.26. The highest BCUT2D eigenvalue weighted by Crippen LogP contribution is 1.91. The Bertz CT molecular complexity index is 197. The lowest BCUT2D eigenvalue weighted by Crippen LogP contribution is -2.44. The van der Waals surface area contributed by atoms with Crippen molar-refractivity contribution in [2.45, 2.75) is 13.8 Å². The maximum atomic E-state index is 5.57. The Hall–Kier alpha value is -0.200. The van der Waals surface area contributed by atoms with Crippen molar-refractivity contribution >= 4 is 0 Å². The number of nitrogens with zero attached hydrogens (tertiary/aromatic N) is 1. The number of hydrogen-bond acceptors (Lipinski definition) is 5. The maximum Gasteiger partial charge on any atom is 0.0701 e. The number of piperazine rings is 1. The molecule has 5 nitrogen and oxygen atoms in total. The zero-order valence-corrected chi connectivity index (χ0v) is 12.6. The van der Waals surface area contributed by atoms with E-state index in [0.29, 0.717) is 19.1 Å². The highest BCUT2D eigenvalue weighted by atomic mass is 16.5. The van der Waals surface area contributed by atoms with Crippen molar-refractivity contribution in [1.29, 1.82) is 0 Å². The fourth-order valence-electron chi connectivity index (χ4n) is 1.99. The second-order valence-electron chi connectivity index (χ2n) is 5.41. The molecular formula is C14H31N3O2. The SMILES string of the molecule is CC(C)CNCCOCCOCCN1CCNCC1. The average molecular weight is 273 g/mol. The molecule has 1 aliphatic rings. The van der Waals surface area contributed by atoms with Crippen LogP contribution in [0, 0.1) is 5.92 Å². The molecule has 1 fully saturated rings. The third-order valence-electron chi connectivity index (χ3n) is 3.11. The summed E-state index contributed by atoms with van der Waals surface area (Å²) in [7, 11) is 0. The summed E-state index contributed by atoms with van der Waals surface area (Å²) in [6.45, 7) is 14.9. The van der Waals surface area contributed by atoms with Gasteiger partial charge in [-0.1, -0.05) is 13.8 Å². The summed E-state index contributed by atoms with van der Waals surface area (Å²) < 4.78 is 11.1. The second kappa shape index (κ2) is 11.6. The standard InChI is InChI=1S/C14H31N3O2/c1-14(2)13-16-5-9-18-11-12-19-10-8-17-6-3-15-4-7-17/h14-16H,3-13H2,1-2H3. The smallest absolute Gasteiger partial charge is 0.0701 e. The normalized spacial score (nSPS) is 17.2. The van der Waals surface area contributed by atoms with Crippen LogP contribution in [0.2, 0.25) is 0 Å². The molecule has 0 atom stereocenters. The third-order valence-corrected chi connectivity index (χ3v) is 3.11. The molecule has 0 radical (unpaired) electrons. The first-order chi connectivity index (χ1) is 9.29. The second-order valence-corrected chi connectivity index (χ2v) is 5.41. The Morgan fingerprint density at radius 1 is 1.05 bits per heavy atom. The minimum Gasteiger partial charge on any atom is -0.378 e. The summed E-state index contributed by atoms with van der Waals surface area (Å²) in [5, 5.41) is 6.70. The molecule has 0 spiro atoms. The summed E-state index contributed by atoms with van der Waals surface area (Å²) in [4.78, 5) is 2.44. The lowest BCUT2D eigenvalue weighted by atomic mass is 10.2. The van der Waals surface area contributed by atoms with E-state index in [1.54, 1.807) is 0 Å². The van der Waals surface area contributed by atoms with Gasteiger partial charge >= 0.3 is 0 Å². The molecule has 0 saturated carbocycles. The predicted molar refractivity (Wildman–Crippen MR) is 78.7 cm³/mol. The fourth-order valence-corrected chi connectivity index (χ4v) is 1.99. The molecule has 1 heterocycles. The topological polar surface area (TPSA) is 45.8 Å². The molecular weight excluding hydrogens is 242 g/mol. The summed E-state index contributed by atoms with van der Waals surface area (Å²) in [5.41, 5.74) is 0. The van der Waals surface area contributed by atoms with E-state index in [1.165, 1.54) is 0 Å². The fraction of sp³-hybridized carbons (Fsp3) is 1.00. The largest absolute Gasteiger partial charge is 0.378 e. The van der Waals surface area contributed by atoms with E-state index in [9.17, 15) is 0 Å². The minimum atomic E-state index is 0.699. The molecule has 0 aromatic carbocycles. The van der Waals surface area contributed by atoms with Gasteiger partial charge in [0.2, 0.25) is 0 Å². The maximum absolute atomic E-state index is 5.57. The number of nitrogens with one attached hydrogen (secondary N) is 2. The van der Waals surface area contributed by atoms with Crippen molar-refractivity contribution in [1.82, 2.24) is 15.5 Å². The highest BCUT2D eigenvalue weighted by molar-refractivity contribution is 4.66. The van der Waals surface area contributed by atoms with Crippen molar-refractivity contribution < 1.29 is 9.47 Å². The predicted octanol–water partition coefficient (Wildman–Crippen LogP) is 0.170. The van der Waals surface area contributed by atoms with Gasteiger partial charge in [0.05, 0.1) is 26.4 Å². The Balaban J connectivity index is 1.73. The van der Waals surface area contributed by atoms with Crippen LogP contribution in [0.25, 0.3) is 0 Å². The first kappa shape index (κ1) is 16.9. The van der Waals surface area contributed by atoms with Crippen LogP contribution in [0.3, 0.4) is 0 Å². The minimum absolute atomic E-state index is 0.699. The van der Waals surface area contributed by atoms with E-state index >= 15 is 0 Å². The van der Waals surface area contributed by atoms with Gasteiger partial charge in [-0.15, -0.1) is 0 Å². The monoisotopic (exact) mass is 273 g/mol. The molecule has 1 saturated heterocycles.